The van der Waals surface area contributed by atoms with Crippen molar-refractivity contribution in [2.24, 2.45) is 16.8 Å². The highest BCUT2D eigenvalue weighted by Gasteiger charge is 2.20. The first-order valence-electron chi connectivity index (χ1n) is 9.44. The molecule has 1 saturated heterocycles. The molecule has 1 heterocycles. The average Bonchev–Trinajstić information content (AvgIpc) is 3.40. The van der Waals surface area contributed by atoms with E-state index in [4.69, 9.17) is 14.5 Å². The molecule has 0 spiro atoms. The second kappa shape index (κ2) is 13.2. The van der Waals surface area contributed by atoms with Gasteiger partial charge in [0, 0.05) is 53.1 Å². The molecule has 24 heavy (non-hydrogen) atoms. The zero-order valence-corrected chi connectivity index (χ0v) is 17.8. The van der Waals surface area contributed by atoms with Gasteiger partial charge in [0.25, 0.3) is 0 Å². The van der Waals surface area contributed by atoms with Gasteiger partial charge in [-0.15, -0.1) is 24.0 Å². The molecule has 2 fully saturated rings. The summed E-state index contributed by atoms with van der Waals surface area (Å²) in [5.74, 6) is 2.69. The Bertz CT molecular complexity index is 345. The zero-order chi connectivity index (χ0) is 16.3. The number of nitrogens with one attached hydrogen (secondary N) is 1. The summed E-state index contributed by atoms with van der Waals surface area (Å²) in [6, 6.07) is 0. The third-order valence-electron chi connectivity index (χ3n) is 4.67. The fourth-order valence-electron chi connectivity index (χ4n) is 2.87. The standard InChI is InChI=1S/C18H35N3O2.HI/c1-3-19-18(20-10-4-12-23-15-17-5-6-17)21(2)11-7-16-8-13-22-14-9-16;/h16-17H,3-15H2,1-2H3,(H,19,20);1H. The summed E-state index contributed by atoms with van der Waals surface area (Å²) in [5.41, 5.74) is 0. The van der Waals surface area contributed by atoms with Gasteiger partial charge in [-0.2, -0.15) is 0 Å². The van der Waals surface area contributed by atoms with Crippen LogP contribution in [0.4, 0.5) is 0 Å². The van der Waals surface area contributed by atoms with Crippen molar-refractivity contribution in [1.29, 1.82) is 0 Å². The SMILES string of the molecule is CCNC(=NCCCOCC1CC1)N(C)CCC1CCOCC1.I. The quantitative estimate of drug-likeness (QED) is 0.239. The Balaban J connectivity index is 0.00000288. The van der Waals surface area contributed by atoms with E-state index in [0.29, 0.717) is 0 Å². The molecule has 0 radical (unpaired) electrons. The molecule has 1 aliphatic carbocycles. The van der Waals surface area contributed by atoms with Crippen molar-refractivity contribution in [3.8, 4) is 0 Å². The molecule has 1 aliphatic heterocycles. The van der Waals surface area contributed by atoms with Crippen LogP contribution in [0.1, 0.15) is 45.4 Å². The lowest BCUT2D eigenvalue weighted by Crippen LogP contribution is -2.40. The highest BCUT2D eigenvalue weighted by Crippen LogP contribution is 2.28. The van der Waals surface area contributed by atoms with Gasteiger partial charge in [0.05, 0.1) is 0 Å². The summed E-state index contributed by atoms with van der Waals surface area (Å²) in [6.07, 6.45) is 7.38. The van der Waals surface area contributed by atoms with Gasteiger partial charge in [-0.3, -0.25) is 4.99 Å². The van der Waals surface area contributed by atoms with Crippen molar-refractivity contribution in [3.05, 3.63) is 0 Å². The van der Waals surface area contributed by atoms with Gasteiger partial charge in [0.1, 0.15) is 0 Å². The van der Waals surface area contributed by atoms with E-state index in [9.17, 15) is 0 Å². The number of rotatable bonds is 10. The maximum Gasteiger partial charge on any atom is 0.193 e. The van der Waals surface area contributed by atoms with E-state index in [1.54, 1.807) is 0 Å². The Morgan fingerprint density at radius 2 is 1.96 bits per heavy atom. The Morgan fingerprint density at radius 3 is 2.62 bits per heavy atom. The van der Waals surface area contributed by atoms with Gasteiger partial charge in [-0.05, 0) is 57.3 Å². The predicted octanol–water partition coefficient (Wildman–Crippen LogP) is 3.14. The van der Waals surface area contributed by atoms with Gasteiger partial charge < -0.3 is 19.7 Å². The maximum absolute atomic E-state index is 5.67. The molecule has 0 atom stereocenters. The van der Waals surface area contributed by atoms with Crippen LogP contribution >= 0.6 is 24.0 Å². The Labute approximate surface area is 165 Å². The fourth-order valence-corrected chi connectivity index (χ4v) is 2.87. The highest BCUT2D eigenvalue weighted by molar-refractivity contribution is 14.0. The van der Waals surface area contributed by atoms with Crippen molar-refractivity contribution in [3.63, 3.8) is 0 Å². The number of halogens is 1. The lowest BCUT2D eigenvalue weighted by Gasteiger charge is -2.26. The second-order valence-corrected chi connectivity index (χ2v) is 6.87. The van der Waals surface area contributed by atoms with Crippen LogP contribution in [0.5, 0.6) is 0 Å². The average molecular weight is 453 g/mol. The Morgan fingerprint density at radius 1 is 1.21 bits per heavy atom. The van der Waals surface area contributed by atoms with E-state index in [1.165, 1.54) is 32.1 Å². The lowest BCUT2D eigenvalue weighted by molar-refractivity contribution is 0.0625. The van der Waals surface area contributed by atoms with Crippen LogP contribution in [0.15, 0.2) is 4.99 Å². The first-order chi connectivity index (χ1) is 11.3. The number of hydrogen-bond acceptors (Lipinski definition) is 3. The molecule has 6 heteroatoms. The largest absolute Gasteiger partial charge is 0.381 e. The van der Waals surface area contributed by atoms with Crippen molar-refractivity contribution in [2.45, 2.75) is 45.4 Å². The molecule has 5 nitrogen and oxygen atoms in total. The van der Waals surface area contributed by atoms with Crippen LogP contribution in [0.2, 0.25) is 0 Å². The molecule has 0 unspecified atom stereocenters. The van der Waals surface area contributed by atoms with Crippen LogP contribution in [0, 0.1) is 11.8 Å². The van der Waals surface area contributed by atoms with E-state index in [2.05, 4.69) is 24.2 Å². The summed E-state index contributed by atoms with van der Waals surface area (Å²) in [5, 5.41) is 3.40. The number of aliphatic imine (C=N–C) groups is 1. The van der Waals surface area contributed by atoms with E-state index in [-0.39, 0.29) is 24.0 Å². The van der Waals surface area contributed by atoms with Crippen LogP contribution < -0.4 is 5.32 Å². The first kappa shape index (κ1) is 22.0. The minimum atomic E-state index is 0. The molecule has 0 bridgehead atoms. The third-order valence-corrected chi connectivity index (χ3v) is 4.67. The van der Waals surface area contributed by atoms with Crippen LogP contribution in [0.3, 0.4) is 0 Å². The molecule has 0 aromatic heterocycles. The number of guanidine groups is 1. The monoisotopic (exact) mass is 453 g/mol. The molecule has 2 rings (SSSR count). The molecule has 0 aromatic carbocycles. The smallest absolute Gasteiger partial charge is 0.193 e. The van der Waals surface area contributed by atoms with Gasteiger partial charge in [-0.25, -0.2) is 0 Å². The van der Waals surface area contributed by atoms with Gasteiger partial charge >= 0.3 is 0 Å². The van der Waals surface area contributed by atoms with Crippen molar-refractivity contribution >= 4 is 29.9 Å². The summed E-state index contributed by atoms with van der Waals surface area (Å²) in [4.78, 5) is 7.00. The topological polar surface area (TPSA) is 46.1 Å². The third kappa shape index (κ3) is 9.42. The Hall–Kier alpha value is -0.0800. The molecule has 0 aromatic rings. The van der Waals surface area contributed by atoms with Crippen molar-refractivity contribution in [2.75, 3.05) is 53.1 Å². The molecule has 142 valence electrons. The number of nitrogens with zero attached hydrogens (tertiary/aromatic N) is 2. The maximum atomic E-state index is 5.67. The molecular weight excluding hydrogens is 417 g/mol. The summed E-state index contributed by atoms with van der Waals surface area (Å²) in [7, 11) is 2.14. The van der Waals surface area contributed by atoms with Gasteiger partial charge in [0.2, 0.25) is 0 Å². The molecular formula is C18H36IN3O2. The summed E-state index contributed by atoms with van der Waals surface area (Å²) < 4.78 is 11.1. The minimum absolute atomic E-state index is 0. The second-order valence-electron chi connectivity index (χ2n) is 6.87. The fraction of sp³-hybridized carbons (Fsp3) is 0.944. The minimum Gasteiger partial charge on any atom is -0.381 e. The van der Waals surface area contributed by atoms with E-state index >= 15 is 0 Å². The molecule has 1 N–H and O–H groups in total. The molecule has 1 saturated carbocycles. The predicted molar refractivity (Wildman–Crippen MR) is 110 cm³/mol. The van der Waals surface area contributed by atoms with Crippen LogP contribution in [0.25, 0.3) is 0 Å². The molecule has 0 amide bonds. The summed E-state index contributed by atoms with van der Waals surface area (Å²) in [6.45, 7) is 8.61. The van der Waals surface area contributed by atoms with Gasteiger partial charge in [-0.1, -0.05) is 0 Å². The van der Waals surface area contributed by atoms with E-state index in [0.717, 1.165) is 70.3 Å². The molecule has 2 aliphatic rings. The number of hydrogen-bond donors (Lipinski definition) is 1. The van der Waals surface area contributed by atoms with E-state index < -0.39 is 0 Å². The van der Waals surface area contributed by atoms with Crippen molar-refractivity contribution < 1.29 is 9.47 Å². The van der Waals surface area contributed by atoms with Crippen LogP contribution in [-0.2, 0) is 9.47 Å². The van der Waals surface area contributed by atoms with Crippen LogP contribution in [-0.4, -0.2) is 64.0 Å². The van der Waals surface area contributed by atoms with Crippen molar-refractivity contribution in [1.82, 2.24) is 10.2 Å². The number of ether oxygens (including phenoxy) is 2. The van der Waals surface area contributed by atoms with E-state index in [1.807, 2.05) is 0 Å². The zero-order valence-electron chi connectivity index (χ0n) is 15.5. The normalized spacial score (nSPS) is 19.0. The van der Waals surface area contributed by atoms with Gasteiger partial charge in [0.15, 0.2) is 5.96 Å². The summed E-state index contributed by atoms with van der Waals surface area (Å²) >= 11 is 0. The highest BCUT2D eigenvalue weighted by atomic mass is 127. The Kier molecular flexibility index (Phi) is 12.0. The lowest BCUT2D eigenvalue weighted by atomic mass is 9.96. The first-order valence-corrected chi connectivity index (χ1v) is 9.44.